The highest BCUT2D eigenvalue weighted by Crippen LogP contribution is 2.31. The van der Waals surface area contributed by atoms with Crippen molar-refractivity contribution in [2.24, 2.45) is 0 Å². The van der Waals surface area contributed by atoms with Gasteiger partial charge in [0.2, 0.25) is 11.8 Å². The topological polar surface area (TPSA) is 75.0 Å². The molecule has 1 saturated heterocycles. The number of carbonyl (C=O) groups is 1. The van der Waals surface area contributed by atoms with E-state index in [1.165, 1.54) is 12.1 Å². The SMILES string of the molecule is O=C1CC(c2noc(Cc3c[nH]c4ccccc34)n2)CN1c1cccc(F)c1. The van der Waals surface area contributed by atoms with Crippen LogP contribution < -0.4 is 4.90 Å². The number of amides is 1. The number of benzene rings is 2. The fraction of sp³-hybridized carbons (Fsp3) is 0.190. The van der Waals surface area contributed by atoms with Crippen LogP contribution in [0.3, 0.4) is 0 Å². The Hall–Kier alpha value is -3.48. The molecule has 1 unspecified atom stereocenters. The van der Waals surface area contributed by atoms with Crippen molar-refractivity contribution in [2.45, 2.75) is 18.8 Å². The lowest BCUT2D eigenvalue weighted by molar-refractivity contribution is -0.117. The third kappa shape index (κ3) is 2.94. The fourth-order valence-corrected chi connectivity index (χ4v) is 3.72. The summed E-state index contributed by atoms with van der Waals surface area (Å²) in [5.41, 5.74) is 2.69. The van der Waals surface area contributed by atoms with E-state index in [0.29, 0.717) is 30.4 Å². The van der Waals surface area contributed by atoms with E-state index >= 15 is 0 Å². The molecular formula is C21H17FN4O2. The maximum Gasteiger partial charge on any atom is 0.231 e. The number of rotatable bonds is 4. The van der Waals surface area contributed by atoms with Gasteiger partial charge in [-0.15, -0.1) is 0 Å². The van der Waals surface area contributed by atoms with Crippen LogP contribution in [0.25, 0.3) is 10.9 Å². The Morgan fingerprint density at radius 3 is 3.00 bits per heavy atom. The lowest BCUT2D eigenvalue weighted by Crippen LogP contribution is -2.24. The Morgan fingerprint density at radius 1 is 1.21 bits per heavy atom. The lowest BCUT2D eigenvalue weighted by atomic mass is 10.1. The van der Waals surface area contributed by atoms with Crippen molar-refractivity contribution in [3.05, 3.63) is 77.8 Å². The standard InChI is InChI=1S/C21H17FN4O2/c22-15-4-3-5-16(10-15)26-12-14(9-20(26)27)21-24-19(28-25-21)8-13-11-23-18-7-2-1-6-17(13)18/h1-7,10-11,14,23H,8-9,12H2. The van der Waals surface area contributed by atoms with Gasteiger partial charge in [-0.1, -0.05) is 29.4 Å². The highest BCUT2D eigenvalue weighted by atomic mass is 19.1. The number of nitrogens with zero attached hydrogens (tertiary/aromatic N) is 3. The van der Waals surface area contributed by atoms with Gasteiger partial charge in [0.1, 0.15) is 5.82 Å². The van der Waals surface area contributed by atoms with Crippen LogP contribution in [0.15, 0.2) is 59.3 Å². The van der Waals surface area contributed by atoms with Crippen LogP contribution in [0.5, 0.6) is 0 Å². The summed E-state index contributed by atoms with van der Waals surface area (Å²) < 4.78 is 18.9. The molecule has 0 aliphatic carbocycles. The number of hydrogen-bond donors (Lipinski definition) is 1. The molecule has 6 nitrogen and oxygen atoms in total. The summed E-state index contributed by atoms with van der Waals surface area (Å²) >= 11 is 0. The molecule has 1 atom stereocenters. The van der Waals surface area contributed by atoms with Crippen molar-refractivity contribution in [3.8, 4) is 0 Å². The van der Waals surface area contributed by atoms with Gasteiger partial charge in [-0.05, 0) is 29.8 Å². The molecule has 2 aromatic heterocycles. The largest absolute Gasteiger partial charge is 0.361 e. The van der Waals surface area contributed by atoms with E-state index in [0.717, 1.165) is 16.5 Å². The Labute approximate surface area is 160 Å². The Kier molecular flexibility index (Phi) is 3.93. The van der Waals surface area contributed by atoms with Gasteiger partial charge in [-0.2, -0.15) is 4.98 Å². The molecule has 7 heteroatoms. The van der Waals surface area contributed by atoms with Crippen molar-refractivity contribution in [1.82, 2.24) is 15.1 Å². The van der Waals surface area contributed by atoms with Crippen LogP contribution in [0, 0.1) is 5.82 Å². The Bertz CT molecular complexity index is 1170. The van der Waals surface area contributed by atoms with E-state index in [1.807, 2.05) is 30.5 Å². The highest BCUT2D eigenvalue weighted by Gasteiger charge is 2.34. The van der Waals surface area contributed by atoms with Gasteiger partial charge < -0.3 is 14.4 Å². The number of nitrogens with one attached hydrogen (secondary N) is 1. The Balaban J connectivity index is 1.34. The molecule has 1 N–H and O–H groups in total. The average Bonchev–Trinajstić information content (AvgIpc) is 3.41. The predicted octanol–water partition coefficient (Wildman–Crippen LogP) is 3.80. The van der Waals surface area contributed by atoms with Crippen LogP contribution in [0.2, 0.25) is 0 Å². The molecule has 0 saturated carbocycles. The van der Waals surface area contributed by atoms with E-state index in [9.17, 15) is 9.18 Å². The van der Waals surface area contributed by atoms with Crippen molar-refractivity contribution < 1.29 is 13.7 Å². The minimum absolute atomic E-state index is 0.0708. The predicted molar refractivity (Wildman–Crippen MR) is 102 cm³/mol. The molecular weight excluding hydrogens is 359 g/mol. The number of H-pyrrole nitrogens is 1. The molecule has 5 rings (SSSR count). The first kappa shape index (κ1) is 16.7. The molecule has 0 spiro atoms. The average molecular weight is 376 g/mol. The molecule has 28 heavy (non-hydrogen) atoms. The summed E-state index contributed by atoms with van der Waals surface area (Å²) in [5, 5.41) is 5.21. The zero-order valence-electron chi connectivity index (χ0n) is 14.9. The van der Waals surface area contributed by atoms with E-state index in [4.69, 9.17) is 4.52 Å². The number of halogens is 1. The monoisotopic (exact) mass is 376 g/mol. The quantitative estimate of drug-likeness (QED) is 0.588. The number of fused-ring (bicyclic) bond motifs is 1. The summed E-state index contributed by atoms with van der Waals surface area (Å²) in [6, 6.07) is 14.1. The van der Waals surface area contributed by atoms with Gasteiger partial charge in [-0.25, -0.2) is 4.39 Å². The van der Waals surface area contributed by atoms with E-state index in [2.05, 4.69) is 15.1 Å². The number of aromatic nitrogens is 3. The maximum atomic E-state index is 13.5. The van der Waals surface area contributed by atoms with Crippen molar-refractivity contribution >= 4 is 22.5 Å². The summed E-state index contributed by atoms with van der Waals surface area (Å²) in [4.78, 5) is 21.7. The molecule has 0 radical (unpaired) electrons. The first-order valence-electron chi connectivity index (χ1n) is 9.11. The second-order valence-electron chi connectivity index (χ2n) is 6.97. The fourth-order valence-electron chi connectivity index (χ4n) is 3.72. The van der Waals surface area contributed by atoms with E-state index in [1.54, 1.807) is 17.0 Å². The number of aromatic amines is 1. The van der Waals surface area contributed by atoms with Gasteiger partial charge in [0.25, 0.3) is 0 Å². The number of carbonyl (C=O) groups excluding carboxylic acids is 1. The zero-order chi connectivity index (χ0) is 19.1. The smallest absolute Gasteiger partial charge is 0.231 e. The number of para-hydroxylation sites is 1. The zero-order valence-corrected chi connectivity index (χ0v) is 14.9. The molecule has 1 aliphatic rings. The van der Waals surface area contributed by atoms with Crippen molar-refractivity contribution in [2.75, 3.05) is 11.4 Å². The minimum atomic E-state index is -0.366. The van der Waals surface area contributed by atoms with Gasteiger partial charge in [0.05, 0.1) is 6.42 Å². The maximum absolute atomic E-state index is 13.5. The molecule has 4 aromatic rings. The molecule has 0 bridgehead atoms. The second-order valence-corrected chi connectivity index (χ2v) is 6.97. The van der Waals surface area contributed by atoms with E-state index in [-0.39, 0.29) is 24.1 Å². The second kappa shape index (κ2) is 6.60. The minimum Gasteiger partial charge on any atom is -0.361 e. The molecule has 1 amide bonds. The van der Waals surface area contributed by atoms with Gasteiger partial charge in [-0.3, -0.25) is 4.79 Å². The third-order valence-electron chi connectivity index (χ3n) is 5.11. The molecule has 140 valence electrons. The van der Waals surface area contributed by atoms with Crippen molar-refractivity contribution in [1.29, 1.82) is 0 Å². The molecule has 1 aliphatic heterocycles. The van der Waals surface area contributed by atoms with Crippen LogP contribution in [-0.4, -0.2) is 27.6 Å². The van der Waals surface area contributed by atoms with E-state index < -0.39 is 0 Å². The highest BCUT2D eigenvalue weighted by molar-refractivity contribution is 5.96. The normalized spacial score (nSPS) is 17.0. The van der Waals surface area contributed by atoms with Crippen LogP contribution in [0.4, 0.5) is 10.1 Å². The number of anilines is 1. The third-order valence-corrected chi connectivity index (χ3v) is 5.11. The summed E-state index contributed by atoms with van der Waals surface area (Å²) in [7, 11) is 0. The molecule has 2 aromatic carbocycles. The first-order chi connectivity index (χ1) is 13.7. The first-order valence-corrected chi connectivity index (χ1v) is 9.11. The molecule has 1 fully saturated rings. The lowest BCUT2D eigenvalue weighted by Gasteiger charge is -2.15. The van der Waals surface area contributed by atoms with Gasteiger partial charge >= 0.3 is 0 Å². The summed E-state index contributed by atoms with van der Waals surface area (Å²) in [6.45, 7) is 0.411. The summed E-state index contributed by atoms with van der Waals surface area (Å²) in [5.74, 6) is 0.419. The van der Waals surface area contributed by atoms with Crippen LogP contribution in [0.1, 0.15) is 29.6 Å². The number of hydrogen-bond acceptors (Lipinski definition) is 4. The van der Waals surface area contributed by atoms with Gasteiger partial charge in [0, 0.05) is 41.7 Å². The van der Waals surface area contributed by atoms with Crippen molar-refractivity contribution in [3.63, 3.8) is 0 Å². The van der Waals surface area contributed by atoms with Crippen LogP contribution >= 0.6 is 0 Å². The van der Waals surface area contributed by atoms with Crippen LogP contribution in [-0.2, 0) is 11.2 Å². The van der Waals surface area contributed by atoms with Gasteiger partial charge in [0.15, 0.2) is 5.82 Å². The summed E-state index contributed by atoms with van der Waals surface area (Å²) in [6.07, 6.45) is 2.74. The molecule has 3 heterocycles. The Morgan fingerprint density at radius 2 is 2.11 bits per heavy atom.